The minimum Gasteiger partial charge on any atom is -0.481 e. The fourth-order valence-corrected chi connectivity index (χ4v) is 15.3. The number of carbonyl (C=O) groups excluding carboxylic acids is 11. The highest BCUT2D eigenvalue weighted by Gasteiger charge is 2.43. The molecule has 10 atom stereocenters. The molecule has 0 aliphatic carbocycles. The molecule has 0 bridgehead atoms. The third-order valence-corrected chi connectivity index (χ3v) is 22.3. The number of nitrogens with one attached hydrogen (secondary N) is 6. The van der Waals surface area contributed by atoms with Gasteiger partial charge in [0.15, 0.2) is 0 Å². The number of hydrogen-bond donors (Lipinski definition) is 13. The molecule has 3 aliphatic rings. The Hall–Kier alpha value is -9.22. The van der Waals surface area contributed by atoms with Crippen molar-refractivity contribution >= 4 is 119 Å². The number of amides is 11. The van der Waals surface area contributed by atoms with E-state index in [9.17, 15) is 97.5 Å². The lowest BCUT2D eigenvalue weighted by molar-refractivity contribution is -0.146. The molecule has 0 aromatic heterocycles. The lowest BCUT2D eigenvalue weighted by atomic mass is 10.0. The number of rotatable bonds is 56. The van der Waals surface area contributed by atoms with Crippen molar-refractivity contribution < 1.29 is 112 Å². The summed E-state index contributed by atoms with van der Waals surface area (Å²) in [6.07, 6.45) is 2.90. The molecule has 37 nitrogen and oxygen atoms in total. The maximum Gasteiger partial charge on any atom is 0.320 e. The van der Waals surface area contributed by atoms with E-state index in [0.717, 1.165) is 11.1 Å². The number of aliphatic hydroxyl groups is 1. The molecule has 2 aromatic carbocycles. The highest BCUT2D eigenvalue weighted by molar-refractivity contribution is 7.98. The second-order valence-electron chi connectivity index (χ2n) is 29.4. The van der Waals surface area contributed by atoms with Crippen molar-refractivity contribution in [3.63, 3.8) is 0 Å². The first kappa shape index (κ1) is 99.3. The third-order valence-electron chi connectivity index (χ3n) is 20.1. The van der Waals surface area contributed by atoms with Gasteiger partial charge in [-0.1, -0.05) is 81.3 Å². The molecule has 3 aliphatic heterocycles. The zero-order valence-electron chi connectivity index (χ0n) is 67.7. The highest BCUT2D eigenvalue weighted by atomic mass is 32.2. The van der Waals surface area contributed by atoms with E-state index in [-0.39, 0.29) is 148 Å². The third kappa shape index (κ3) is 37.8. The maximum absolute atomic E-state index is 14.8. The van der Waals surface area contributed by atoms with Gasteiger partial charge >= 0.3 is 23.9 Å². The number of ether oxygens (including phenoxy) is 3. The van der Waals surface area contributed by atoms with Crippen LogP contribution in [-0.2, 0) is 104 Å². The van der Waals surface area contributed by atoms with Gasteiger partial charge in [-0.25, -0.2) is 4.99 Å². The number of aliphatic hydroxyl groups excluding tert-OH is 1. The Morgan fingerprint density at radius 1 is 0.542 bits per heavy atom. The fourth-order valence-electron chi connectivity index (χ4n) is 13.3. The second kappa shape index (κ2) is 54.8. The van der Waals surface area contributed by atoms with Crippen molar-refractivity contribution in [2.24, 2.45) is 28.3 Å². The molecular formula is C79H120N14O23S2. The Morgan fingerprint density at radius 3 is 1.63 bits per heavy atom. The van der Waals surface area contributed by atoms with Gasteiger partial charge in [-0.05, 0) is 81.4 Å². The first-order chi connectivity index (χ1) is 56.4. The van der Waals surface area contributed by atoms with Gasteiger partial charge in [-0.3, -0.25) is 86.6 Å². The van der Waals surface area contributed by atoms with Gasteiger partial charge in [0, 0.05) is 140 Å². The van der Waals surface area contributed by atoms with Gasteiger partial charge < -0.3 is 92.9 Å². The van der Waals surface area contributed by atoms with Gasteiger partial charge in [0.2, 0.25) is 59.1 Å². The van der Waals surface area contributed by atoms with Crippen LogP contribution in [0.3, 0.4) is 0 Å². The van der Waals surface area contributed by atoms with Crippen LogP contribution in [0.15, 0.2) is 59.6 Å². The van der Waals surface area contributed by atoms with Crippen molar-refractivity contribution in [1.82, 2.24) is 56.4 Å². The molecule has 11 amide bonds. The number of aliphatic imine (C=N–C) groups is 1. The van der Waals surface area contributed by atoms with E-state index in [4.69, 9.17) is 25.7 Å². The number of likely N-dealkylation sites (tertiary alicyclic amines) is 2. The van der Waals surface area contributed by atoms with Crippen LogP contribution in [0.1, 0.15) is 134 Å². The van der Waals surface area contributed by atoms with Crippen molar-refractivity contribution in [3.05, 3.63) is 71.3 Å². The summed E-state index contributed by atoms with van der Waals surface area (Å²) in [5, 5.41) is 64.2. The lowest BCUT2D eigenvalue weighted by Crippen LogP contribution is -2.58. The van der Waals surface area contributed by atoms with Crippen molar-refractivity contribution in [2.45, 2.75) is 183 Å². The zero-order valence-corrected chi connectivity index (χ0v) is 69.3. The molecule has 39 heteroatoms. The SMILES string of the molecule is CCCC[C@H](NC(=O)CCC(=O)NCCCOCCOCCOCCCNC(=O)CCC(C(=O)O)N1CCN(CC(=O)O)CCN(CC(=O)O)CC1)C(=O)N=CC(CSCc1cccc(CSCC(NC(=O)[C@H](Cc2ccccc2)NC(=O)[C@H](CCC(=O)O)NC(=O)[C@@H](C)[C@@H](C)O)C(N)=O)c1)C(=O)N1CCC[C@H]1C(=O)N1CCC[C@H]1C(N)=O. The van der Waals surface area contributed by atoms with Crippen LogP contribution in [0.5, 0.6) is 0 Å². The molecule has 0 saturated carbocycles. The number of nitrogens with two attached hydrogens (primary N) is 2. The van der Waals surface area contributed by atoms with Crippen molar-refractivity contribution in [3.8, 4) is 0 Å². The molecular weight excluding hydrogens is 1580 g/mol. The van der Waals surface area contributed by atoms with E-state index >= 15 is 0 Å². The zero-order chi connectivity index (χ0) is 86.5. The first-order valence-corrected chi connectivity index (χ1v) is 42.5. The molecule has 0 spiro atoms. The fraction of sp³-hybridized carbons (Fsp3) is 0.646. The largest absolute Gasteiger partial charge is 0.481 e. The van der Waals surface area contributed by atoms with Crippen molar-refractivity contribution in [1.29, 1.82) is 0 Å². The summed E-state index contributed by atoms with van der Waals surface area (Å²) in [5.41, 5.74) is 13.8. The topological polar surface area (TPSA) is 538 Å². The number of benzene rings is 2. The summed E-state index contributed by atoms with van der Waals surface area (Å²) in [6.45, 7) is 8.53. The second-order valence-corrected chi connectivity index (χ2v) is 31.4. The van der Waals surface area contributed by atoms with E-state index in [1.54, 1.807) is 45.0 Å². The number of carboxylic acids is 4. The Balaban J connectivity index is 1.06. The summed E-state index contributed by atoms with van der Waals surface area (Å²) in [5.74, 6) is -12.5. The summed E-state index contributed by atoms with van der Waals surface area (Å²) in [6, 6.07) is 8.32. The van der Waals surface area contributed by atoms with E-state index in [0.29, 0.717) is 101 Å². The predicted octanol–water partition coefficient (Wildman–Crippen LogP) is -0.262. The van der Waals surface area contributed by atoms with E-state index in [1.807, 2.05) is 31.2 Å². The Bertz CT molecular complexity index is 3620. The van der Waals surface area contributed by atoms with Crippen LogP contribution in [-0.4, -0.2) is 323 Å². The van der Waals surface area contributed by atoms with Crippen LogP contribution < -0.4 is 43.4 Å². The average Bonchev–Trinajstić information content (AvgIpc) is 1.65. The standard InChI is InChI=1S/C79H120N14O23S2/c1-4-5-18-58(85-67(97)25-24-66(96)83-28-13-38-115-40-42-116-41-39-114-37-12-27-82-65(95)23-22-64(79(112)113)91-35-33-89(46-69(100)101)31-32-90(34-36-91)47-70(102)103)74(107)84-45-57(77(110)93-30-11-20-63(93)78(111)92-29-10-19-62(92)72(81)105)50-117-48-55-16-9-17-56(43-55)49-118-51-61(71(80)104)88-76(109)60(44-54-14-7-6-8-15-54)87-75(108)59(21-26-68(98)99)86-73(106)52(2)53(3)94/h6-9,14-17,43,45,52-53,57-64,94H,4-5,10-13,18-42,44,46-51H2,1-3H3,(H2,80,104)(H2,81,105)(H,82,95)(H,83,96)(H,85,97)(H,86,106)(H,87,108)(H,88,109)(H,98,99)(H,100,101)(H,102,103)(H,112,113)/t52-,53+,57?,58-,59-,60-,61?,62-,63-,64?/m0/s1. The quantitative estimate of drug-likeness (QED) is 0.0300. The number of aliphatic carboxylic acids is 4. The van der Waals surface area contributed by atoms with Crippen LogP contribution in [0, 0.1) is 11.8 Å². The molecule has 5 rings (SSSR count). The molecule has 0 radical (unpaired) electrons. The van der Waals surface area contributed by atoms with E-state index in [2.05, 4.69) is 36.9 Å². The number of carboxylic acid groups (broad SMARTS) is 4. The van der Waals surface area contributed by atoms with Crippen LogP contribution in [0.25, 0.3) is 0 Å². The molecule has 3 saturated heterocycles. The number of thioether (sulfide) groups is 2. The van der Waals surface area contributed by atoms with Gasteiger partial charge in [-0.2, -0.15) is 23.5 Å². The van der Waals surface area contributed by atoms with Gasteiger partial charge in [0.05, 0.1) is 57.5 Å². The van der Waals surface area contributed by atoms with Gasteiger partial charge in [0.25, 0.3) is 5.91 Å². The first-order valence-electron chi connectivity index (χ1n) is 40.2. The Kier molecular flexibility index (Phi) is 46.1. The lowest BCUT2D eigenvalue weighted by Gasteiger charge is -2.31. The monoisotopic (exact) mass is 1700 g/mol. The summed E-state index contributed by atoms with van der Waals surface area (Å²) in [7, 11) is 0. The van der Waals surface area contributed by atoms with Crippen LogP contribution >= 0.6 is 23.5 Å². The molecule has 118 heavy (non-hydrogen) atoms. The van der Waals surface area contributed by atoms with E-state index < -0.39 is 150 Å². The van der Waals surface area contributed by atoms with E-state index in [1.165, 1.54) is 53.4 Å². The number of hydrogen-bond acceptors (Lipinski definition) is 24. The summed E-state index contributed by atoms with van der Waals surface area (Å²) < 4.78 is 16.8. The number of nitrogens with zero attached hydrogens (tertiary/aromatic N) is 6. The molecule has 15 N–H and O–H groups in total. The summed E-state index contributed by atoms with van der Waals surface area (Å²) >= 11 is 2.64. The predicted molar refractivity (Wildman–Crippen MR) is 436 cm³/mol. The Labute approximate surface area is 696 Å². The molecule has 3 unspecified atom stereocenters. The van der Waals surface area contributed by atoms with Crippen LogP contribution in [0.2, 0.25) is 0 Å². The van der Waals surface area contributed by atoms with Crippen molar-refractivity contribution in [2.75, 3.05) is 130 Å². The highest BCUT2D eigenvalue weighted by Crippen LogP contribution is 2.28. The normalized spacial score (nSPS) is 17.6. The number of primary amides is 2. The molecule has 656 valence electrons. The molecule has 2 aromatic rings. The Morgan fingerprint density at radius 2 is 1.07 bits per heavy atom. The van der Waals surface area contributed by atoms with Gasteiger partial charge in [-0.15, -0.1) is 0 Å². The molecule has 3 heterocycles. The van der Waals surface area contributed by atoms with Crippen LogP contribution in [0.4, 0.5) is 0 Å². The minimum absolute atomic E-state index is 0.000386. The average molecular weight is 1700 g/mol. The molecule has 3 fully saturated rings. The van der Waals surface area contributed by atoms with Gasteiger partial charge in [0.1, 0.15) is 42.3 Å². The maximum atomic E-state index is 14.8. The summed E-state index contributed by atoms with van der Waals surface area (Å²) in [4.78, 5) is 207. The minimum atomic E-state index is -1.40. The number of carbonyl (C=O) groups is 15. The number of unbranched alkanes of at least 4 members (excludes halogenated alkanes) is 1. The smallest absolute Gasteiger partial charge is 0.320 e.